The van der Waals surface area contributed by atoms with Crippen molar-refractivity contribution < 1.29 is 5.11 Å². The first kappa shape index (κ1) is 12.8. The van der Waals surface area contributed by atoms with Crippen molar-refractivity contribution in [1.82, 2.24) is 4.98 Å². The zero-order valence-electron chi connectivity index (χ0n) is 10.5. The molecule has 0 spiro atoms. The monoisotopic (exact) mass is 248 g/mol. The number of hydrogen-bond donors (Lipinski definition) is 3. The van der Waals surface area contributed by atoms with Gasteiger partial charge in [-0.25, -0.2) is 0 Å². The first-order chi connectivity index (χ1) is 8.74. The van der Waals surface area contributed by atoms with Crippen LogP contribution in [0.4, 0.5) is 5.69 Å². The number of nitrogens with one attached hydrogen (secondary N) is 1. The molecule has 2 rings (SSSR count). The van der Waals surface area contributed by atoms with E-state index in [0.29, 0.717) is 5.69 Å². The van der Waals surface area contributed by atoms with Gasteiger partial charge in [0.1, 0.15) is 11.5 Å². The number of amidine groups is 1. The molecule has 0 amide bonds. The van der Waals surface area contributed by atoms with E-state index in [9.17, 15) is 5.11 Å². The van der Waals surface area contributed by atoms with Gasteiger partial charge in [-0.1, -0.05) is 12.8 Å². The van der Waals surface area contributed by atoms with Gasteiger partial charge in [0.25, 0.3) is 0 Å². The number of nitrogen functional groups attached to an aromatic ring is 1. The summed E-state index contributed by atoms with van der Waals surface area (Å²) < 4.78 is 0. The minimum Gasteiger partial charge on any atom is -0.394 e. The van der Waals surface area contributed by atoms with Crippen LogP contribution in [-0.2, 0) is 0 Å². The van der Waals surface area contributed by atoms with E-state index in [0.717, 1.165) is 31.5 Å². The lowest BCUT2D eigenvalue weighted by Crippen LogP contribution is -2.39. The summed E-state index contributed by atoms with van der Waals surface area (Å²) in [5, 5.41) is 17.1. The predicted octanol–water partition coefficient (Wildman–Crippen LogP) is 1.11. The number of rotatable bonds is 3. The molecular weight excluding hydrogens is 228 g/mol. The van der Waals surface area contributed by atoms with Gasteiger partial charge in [0.05, 0.1) is 18.3 Å². The molecule has 4 N–H and O–H groups in total. The Morgan fingerprint density at radius 3 is 3.06 bits per heavy atom. The molecule has 18 heavy (non-hydrogen) atoms. The number of aliphatic hydroxyl groups excluding tert-OH is 1. The van der Waals surface area contributed by atoms with Crippen LogP contribution in [0.15, 0.2) is 18.3 Å². The van der Waals surface area contributed by atoms with Gasteiger partial charge in [0, 0.05) is 12.7 Å². The Morgan fingerprint density at radius 2 is 2.33 bits per heavy atom. The lowest BCUT2D eigenvalue weighted by molar-refractivity contribution is 0.255. The smallest absolute Gasteiger partial charge is 0.143 e. The first-order valence-electron chi connectivity index (χ1n) is 6.41. The van der Waals surface area contributed by atoms with Gasteiger partial charge in [-0.2, -0.15) is 0 Å². The van der Waals surface area contributed by atoms with Crippen molar-refractivity contribution >= 4 is 11.5 Å². The zero-order chi connectivity index (χ0) is 13.0. The molecular formula is C13H20N4O. The number of nitrogens with zero attached hydrogens (tertiary/aromatic N) is 2. The zero-order valence-corrected chi connectivity index (χ0v) is 10.5. The minimum atomic E-state index is -0.0217. The van der Waals surface area contributed by atoms with E-state index in [1.165, 1.54) is 6.42 Å². The quantitative estimate of drug-likeness (QED) is 0.552. The molecule has 0 aliphatic carbocycles. The fourth-order valence-electron chi connectivity index (χ4n) is 2.52. The summed E-state index contributed by atoms with van der Waals surface area (Å²) in [5.41, 5.74) is 6.96. The van der Waals surface area contributed by atoms with Crippen LogP contribution in [0.25, 0.3) is 0 Å². The molecule has 2 heterocycles. The van der Waals surface area contributed by atoms with E-state index in [-0.39, 0.29) is 18.5 Å². The number of pyridine rings is 1. The van der Waals surface area contributed by atoms with Gasteiger partial charge in [0.2, 0.25) is 0 Å². The van der Waals surface area contributed by atoms with Gasteiger partial charge in [0.15, 0.2) is 0 Å². The third-order valence-electron chi connectivity index (χ3n) is 3.44. The molecule has 5 nitrogen and oxygen atoms in total. The van der Waals surface area contributed by atoms with Crippen LogP contribution >= 0.6 is 0 Å². The van der Waals surface area contributed by atoms with E-state index in [1.807, 2.05) is 12.1 Å². The molecule has 1 aliphatic heterocycles. The summed E-state index contributed by atoms with van der Waals surface area (Å²) in [6.07, 6.45) is 6.04. The van der Waals surface area contributed by atoms with Crippen LogP contribution in [0.5, 0.6) is 0 Å². The Kier molecular flexibility index (Phi) is 4.15. The fourth-order valence-corrected chi connectivity index (χ4v) is 2.52. The van der Waals surface area contributed by atoms with Crippen LogP contribution in [0, 0.1) is 5.41 Å². The second-order valence-corrected chi connectivity index (χ2v) is 4.66. The number of aromatic nitrogens is 1. The van der Waals surface area contributed by atoms with Crippen LogP contribution in [0.2, 0.25) is 0 Å². The topological polar surface area (TPSA) is 86.2 Å². The Bertz CT molecular complexity index is 421. The van der Waals surface area contributed by atoms with Gasteiger partial charge < -0.3 is 15.7 Å². The maximum Gasteiger partial charge on any atom is 0.143 e. The summed E-state index contributed by atoms with van der Waals surface area (Å²) in [4.78, 5) is 6.33. The Balaban J connectivity index is 2.35. The van der Waals surface area contributed by atoms with Crippen LogP contribution in [0.1, 0.15) is 31.4 Å². The molecule has 1 atom stereocenters. The Hall–Kier alpha value is -1.62. The van der Waals surface area contributed by atoms with E-state index in [4.69, 9.17) is 11.1 Å². The third-order valence-corrected chi connectivity index (χ3v) is 3.44. The average molecular weight is 248 g/mol. The first-order valence-corrected chi connectivity index (χ1v) is 6.41. The SMILES string of the molecule is N=C(N)c1ncccc1N1CCCCCC1CO. The highest BCUT2D eigenvalue weighted by Gasteiger charge is 2.23. The van der Waals surface area contributed by atoms with E-state index >= 15 is 0 Å². The number of nitrogens with two attached hydrogens (primary N) is 1. The van der Waals surface area contributed by atoms with Gasteiger partial charge >= 0.3 is 0 Å². The lowest BCUT2D eigenvalue weighted by Gasteiger charge is -2.31. The summed E-state index contributed by atoms with van der Waals surface area (Å²) in [6, 6.07) is 3.88. The fraction of sp³-hybridized carbons (Fsp3) is 0.538. The van der Waals surface area contributed by atoms with Crippen LogP contribution in [0.3, 0.4) is 0 Å². The Labute approximate surface area is 107 Å². The van der Waals surface area contributed by atoms with Crippen molar-refractivity contribution in [3.8, 4) is 0 Å². The largest absolute Gasteiger partial charge is 0.394 e. The maximum absolute atomic E-state index is 9.53. The van der Waals surface area contributed by atoms with E-state index in [1.54, 1.807) is 6.20 Å². The Morgan fingerprint density at radius 1 is 1.50 bits per heavy atom. The van der Waals surface area contributed by atoms with Gasteiger partial charge in [-0.3, -0.25) is 10.4 Å². The molecule has 0 bridgehead atoms. The summed E-state index contributed by atoms with van der Waals surface area (Å²) >= 11 is 0. The second kappa shape index (κ2) is 5.82. The van der Waals surface area contributed by atoms with E-state index < -0.39 is 0 Å². The minimum absolute atomic E-state index is 0.0217. The molecule has 1 aromatic rings. The molecule has 0 saturated carbocycles. The van der Waals surface area contributed by atoms with Crippen LogP contribution in [-0.4, -0.2) is 35.1 Å². The molecule has 98 valence electrons. The molecule has 1 aliphatic rings. The molecule has 1 unspecified atom stereocenters. The number of aliphatic hydroxyl groups is 1. The highest BCUT2D eigenvalue weighted by Crippen LogP contribution is 2.25. The normalized spacial score (nSPS) is 20.5. The van der Waals surface area contributed by atoms with Crippen LogP contribution < -0.4 is 10.6 Å². The standard InChI is InChI=1S/C13H20N4O/c14-13(15)12-11(6-4-7-16-12)17-8-3-1-2-5-10(17)9-18/h4,6-7,10,18H,1-3,5,8-9H2,(H3,14,15). The van der Waals surface area contributed by atoms with Crippen molar-refractivity contribution in [3.05, 3.63) is 24.0 Å². The molecule has 1 saturated heterocycles. The average Bonchev–Trinajstić information content (AvgIpc) is 2.63. The lowest BCUT2D eigenvalue weighted by atomic mass is 10.1. The van der Waals surface area contributed by atoms with Crippen molar-refractivity contribution in [2.45, 2.75) is 31.7 Å². The molecule has 5 heteroatoms. The van der Waals surface area contributed by atoms with Crippen molar-refractivity contribution in [2.24, 2.45) is 5.73 Å². The second-order valence-electron chi connectivity index (χ2n) is 4.66. The highest BCUT2D eigenvalue weighted by atomic mass is 16.3. The summed E-state index contributed by atoms with van der Waals surface area (Å²) in [5.74, 6) is -0.0217. The predicted molar refractivity (Wildman–Crippen MR) is 71.9 cm³/mol. The number of hydrogen-bond acceptors (Lipinski definition) is 4. The maximum atomic E-state index is 9.53. The molecule has 0 radical (unpaired) electrons. The van der Waals surface area contributed by atoms with Crippen molar-refractivity contribution in [2.75, 3.05) is 18.1 Å². The molecule has 1 fully saturated rings. The van der Waals surface area contributed by atoms with Gasteiger partial charge in [-0.15, -0.1) is 0 Å². The van der Waals surface area contributed by atoms with Crippen molar-refractivity contribution in [1.29, 1.82) is 5.41 Å². The van der Waals surface area contributed by atoms with Gasteiger partial charge in [-0.05, 0) is 25.0 Å². The molecule has 1 aromatic heterocycles. The summed E-state index contributed by atoms with van der Waals surface area (Å²) in [7, 11) is 0. The molecule has 0 aromatic carbocycles. The summed E-state index contributed by atoms with van der Waals surface area (Å²) in [6.45, 7) is 1.02. The van der Waals surface area contributed by atoms with E-state index in [2.05, 4.69) is 9.88 Å². The third kappa shape index (κ3) is 2.61. The highest BCUT2D eigenvalue weighted by molar-refractivity contribution is 5.98. The number of anilines is 1. The van der Waals surface area contributed by atoms with Crippen molar-refractivity contribution in [3.63, 3.8) is 0 Å².